The average molecular weight is 317 g/mol. The average Bonchev–Trinajstić information content (AvgIpc) is 2.80. The molecule has 0 spiro atoms. The highest BCUT2D eigenvalue weighted by Crippen LogP contribution is 2.28. The van der Waals surface area contributed by atoms with Gasteiger partial charge in [0.05, 0.1) is 19.8 Å². The summed E-state index contributed by atoms with van der Waals surface area (Å²) in [6, 6.07) is -0.473. The zero-order chi connectivity index (χ0) is 16.3. The number of hydrogen-bond acceptors (Lipinski definition) is 7. The minimum absolute atomic E-state index is 0.148. The number of aliphatic hydroxyl groups excluding tert-OH is 2. The molecule has 1 unspecified atom stereocenters. The molecule has 0 aromatic heterocycles. The van der Waals surface area contributed by atoms with Crippen LogP contribution in [0.5, 0.6) is 0 Å². The second kappa shape index (κ2) is 7.34. The summed E-state index contributed by atoms with van der Waals surface area (Å²) in [5, 5.41) is 29.6. The standard InChI is InChI=1S/C13H23N3O6/c1-7-5-16(13(19)15-11(7)14)12-10(21-4-3-20-2)9(18)8(6-17)22-12/h7-10,12,17-18H,3-6H2,1-2H3,(H2,14,15,19)/t7?,8-,9-,10-,12-/m1/s1. The normalized spacial score (nSPS) is 35.8. The molecule has 0 bridgehead atoms. The van der Waals surface area contributed by atoms with Crippen molar-refractivity contribution in [1.29, 1.82) is 5.41 Å². The summed E-state index contributed by atoms with van der Waals surface area (Å²) in [6.07, 6.45) is -3.46. The van der Waals surface area contributed by atoms with Gasteiger partial charge in [0.2, 0.25) is 0 Å². The predicted molar refractivity (Wildman–Crippen MR) is 75.5 cm³/mol. The van der Waals surface area contributed by atoms with Gasteiger partial charge in [0.1, 0.15) is 24.1 Å². The topological polar surface area (TPSA) is 124 Å². The van der Waals surface area contributed by atoms with Crippen LogP contribution in [0.25, 0.3) is 0 Å². The van der Waals surface area contributed by atoms with Crippen LogP contribution in [-0.2, 0) is 14.2 Å². The fraction of sp³-hybridized carbons (Fsp3) is 0.846. The van der Waals surface area contributed by atoms with Crippen molar-refractivity contribution >= 4 is 11.9 Å². The Morgan fingerprint density at radius 1 is 1.50 bits per heavy atom. The lowest BCUT2D eigenvalue weighted by Gasteiger charge is -2.37. The summed E-state index contributed by atoms with van der Waals surface area (Å²) < 4.78 is 16.1. The van der Waals surface area contributed by atoms with E-state index in [-0.39, 0.29) is 31.5 Å². The van der Waals surface area contributed by atoms with E-state index in [1.54, 1.807) is 0 Å². The molecule has 22 heavy (non-hydrogen) atoms. The van der Waals surface area contributed by atoms with Gasteiger partial charge >= 0.3 is 6.03 Å². The summed E-state index contributed by atoms with van der Waals surface area (Å²) in [6.45, 7) is 2.29. The number of amidine groups is 1. The lowest BCUT2D eigenvalue weighted by atomic mass is 10.1. The van der Waals surface area contributed by atoms with E-state index in [0.29, 0.717) is 6.61 Å². The first-order valence-corrected chi connectivity index (χ1v) is 7.20. The highest BCUT2D eigenvalue weighted by Gasteiger charge is 2.49. The van der Waals surface area contributed by atoms with Crippen LogP contribution in [0.15, 0.2) is 0 Å². The van der Waals surface area contributed by atoms with E-state index in [2.05, 4.69) is 5.32 Å². The Hall–Kier alpha value is -1.26. The third-order valence-corrected chi connectivity index (χ3v) is 3.86. The number of ether oxygens (including phenoxy) is 3. The summed E-state index contributed by atoms with van der Waals surface area (Å²) in [4.78, 5) is 13.5. The maximum atomic E-state index is 12.1. The van der Waals surface area contributed by atoms with Gasteiger partial charge in [-0.2, -0.15) is 0 Å². The minimum Gasteiger partial charge on any atom is -0.394 e. The first kappa shape index (κ1) is 17.1. The zero-order valence-electron chi connectivity index (χ0n) is 12.7. The van der Waals surface area contributed by atoms with Crippen molar-refractivity contribution in [2.24, 2.45) is 5.92 Å². The van der Waals surface area contributed by atoms with Crippen molar-refractivity contribution in [2.75, 3.05) is 33.5 Å². The van der Waals surface area contributed by atoms with Gasteiger partial charge in [-0.25, -0.2) is 4.79 Å². The number of amides is 2. The molecule has 9 nitrogen and oxygen atoms in total. The molecule has 0 saturated carbocycles. The van der Waals surface area contributed by atoms with Gasteiger partial charge in [-0.15, -0.1) is 0 Å². The Morgan fingerprint density at radius 2 is 2.23 bits per heavy atom. The smallest absolute Gasteiger partial charge is 0.324 e. The van der Waals surface area contributed by atoms with Gasteiger partial charge in [-0.3, -0.25) is 15.6 Å². The fourth-order valence-corrected chi connectivity index (χ4v) is 2.57. The molecule has 2 fully saturated rings. The Bertz CT molecular complexity index is 421. The second-order valence-corrected chi connectivity index (χ2v) is 5.46. The lowest BCUT2D eigenvalue weighted by molar-refractivity contribution is -0.103. The Kier molecular flexibility index (Phi) is 5.70. The van der Waals surface area contributed by atoms with Crippen LogP contribution in [0, 0.1) is 11.3 Å². The van der Waals surface area contributed by atoms with Crippen molar-refractivity contribution in [3.63, 3.8) is 0 Å². The van der Waals surface area contributed by atoms with Gasteiger partial charge in [-0.1, -0.05) is 6.92 Å². The number of methoxy groups -OCH3 is 1. The van der Waals surface area contributed by atoms with Crippen molar-refractivity contribution in [3.8, 4) is 0 Å². The number of rotatable bonds is 6. The highest BCUT2D eigenvalue weighted by atomic mass is 16.6. The predicted octanol–water partition coefficient (Wildman–Crippen LogP) is -1.27. The van der Waals surface area contributed by atoms with Crippen molar-refractivity contribution in [1.82, 2.24) is 10.2 Å². The number of nitrogens with one attached hydrogen (secondary N) is 2. The van der Waals surface area contributed by atoms with Crippen LogP contribution in [0.4, 0.5) is 4.79 Å². The maximum absolute atomic E-state index is 12.1. The Morgan fingerprint density at radius 3 is 2.86 bits per heavy atom. The van der Waals surface area contributed by atoms with E-state index in [9.17, 15) is 15.0 Å². The number of carbonyl (C=O) groups is 1. The Labute approximate surface area is 128 Å². The van der Waals surface area contributed by atoms with Crippen molar-refractivity contribution < 1.29 is 29.2 Å². The number of hydrogen-bond donors (Lipinski definition) is 4. The molecule has 9 heteroatoms. The van der Waals surface area contributed by atoms with Gasteiger partial charge < -0.3 is 24.4 Å². The highest BCUT2D eigenvalue weighted by molar-refractivity contribution is 5.99. The molecule has 2 amide bonds. The molecule has 2 aliphatic heterocycles. The summed E-state index contributed by atoms with van der Waals surface area (Å²) in [7, 11) is 1.53. The van der Waals surface area contributed by atoms with Gasteiger partial charge in [0, 0.05) is 19.6 Å². The van der Waals surface area contributed by atoms with E-state index in [1.165, 1.54) is 12.0 Å². The molecule has 0 aromatic carbocycles. The monoisotopic (exact) mass is 317 g/mol. The molecule has 4 N–H and O–H groups in total. The molecule has 126 valence electrons. The van der Waals surface area contributed by atoms with Crippen molar-refractivity contribution in [2.45, 2.75) is 31.5 Å². The van der Waals surface area contributed by atoms with E-state index < -0.39 is 30.6 Å². The number of carbonyl (C=O) groups excluding carboxylic acids is 1. The molecular weight excluding hydrogens is 294 g/mol. The number of urea groups is 1. The number of aliphatic hydroxyl groups is 2. The summed E-state index contributed by atoms with van der Waals surface area (Å²) >= 11 is 0. The van der Waals surface area contributed by atoms with E-state index >= 15 is 0 Å². The minimum atomic E-state index is -1.05. The first-order chi connectivity index (χ1) is 10.5. The molecule has 0 aliphatic carbocycles. The van der Waals surface area contributed by atoms with Crippen molar-refractivity contribution in [3.05, 3.63) is 0 Å². The molecule has 5 atom stereocenters. The second-order valence-electron chi connectivity index (χ2n) is 5.46. The first-order valence-electron chi connectivity index (χ1n) is 7.20. The van der Waals surface area contributed by atoms with Crippen LogP contribution in [0.2, 0.25) is 0 Å². The SMILES string of the molecule is COCCO[C@@H]1[C@H](O)[C@@H](CO)O[C@H]1N1CC(C)C(=N)NC1=O. The molecule has 2 heterocycles. The van der Waals surface area contributed by atoms with Gasteiger partial charge in [0.25, 0.3) is 0 Å². The third-order valence-electron chi connectivity index (χ3n) is 3.86. The summed E-state index contributed by atoms with van der Waals surface area (Å²) in [5.74, 6) is -0.0263. The molecule has 0 aromatic rings. The molecule has 2 aliphatic rings. The van der Waals surface area contributed by atoms with Gasteiger partial charge in [0.15, 0.2) is 6.23 Å². The summed E-state index contributed by atoms with van der Waals surface area (Å²) in [5.41, 5.74) is 0. The molecule has 2 rings (SSSR count). The zero-order valence-corrected chi connectivity index (χ0v) is 12.7. The van der Waals surface area contributed by atoms with Crippen LogP contribution in [0.3, 0.4) is 0 Å². The van der Waals surface area contributed by atoms with E-state index in [1.807, 2.05) is 6.92 Å². The fourth-order valence-electron chi connectivity index (χ4n) is 2.57. The molecular formula is C13H23N3O6. The van der Waals surface area contributed by atoms with Crippen LogP contribution >= 0.6 is 0 Å². The van der Waals surface area contributed by atoms with E-state index in [4.69, 9.17) is 19.6 Å². The largest absolute Gasteiger partial charge is 0.394 e. The molecule has 2 saturated heterocycles. The Balaban J connectivity index is 2.11. The van der Waals surface area contributed by atoms with Gasteiger partial charge in [-0.05, 0) is 0 Å². The third kappa shape index (κ3) is 3.39. The number of nitrogens with zero attached hydrogens (tertiary/aromatic N) is 1. The maximum Gasteiger partial charge on any atom is 0.324 e. The quantitative estimate of drug-likeness (QED) is 0.453. The van der Waals surface area contributed by atoms with Crippen LogP contribution < -0.4 is 5.32 Å². The molecule has 0 radical (unpaired) electrons. The van der Waals surface area contributed by atoms with E-state index in [0.717, 1.165) is 0 Å². The van der Waals surface area contributed by atoms with Crippen LogP contribution in [-0.4, -0.2) is 85.0 Å². The lowest BCUT2D eigenvalue weighted by Crippen LogP contribution is -2.59. The van der Waals surface area contributed by atoms with Crippen LogP contribution in [0.1, 0.15) is 6.92 Å².